The first kappa shape index (κ1) is 14.5. The fourth-order valence-corrected chi connectivity index (χ4v) is 2.97. The Morgan fingerprint density at radius 3 is 2.95 bits per heavy atom. The molecule has 0 aliphatic carbocycles. The number of hydrogen-bond donors (Lipinski definition) is 1. The minimum atomic E-state index is -0.634. The number of nitrogens with one attached hydrogen (secondary N) is 1. The van der Waals surface area contributed by atoms with Crippen LogP contribution in [-0.4, -0.2) is 15.5 Å². The number of amides is 1. The van der Waals surface area contributed by atoms with Crippen LogP contribution in [0, 0.1) is 6.92 Å². The highest BCUT2D eigenvalue weighted by Crippen LogP contribution is 2.16. The molecule has 112 valence electrons. The molecule has 0 radical (unpaired) electrons. The van der Waals surface area contributed by atoms with Gasteiger partial charge in [-0.2, -0.15) is 0 Å². The van der Waals surface area contributed by atoms with Crippen molar-refractivity contribution in [2.24, 2.45) is 0 Å². The Kier molecular flexibility index (Phi) is 3.77. The lowest BCUT2D eigenvalue weighted by Gasteiger charge is -2.15. The molecule has 1 N–H and O–H groups in total. The van der Waals surface area contributed by atoms with E-state index in [9.17, 15) is 9.59 Å². The fourth-order valence-electron chi connectivity index (χ4n) is 2.24. The van der Waals surface area contributed by atoms with Crippen molar-refractivity contribution < 1.29 is 4.79 Å². The molecule has 1 atom stereocenters. The second kappa shape index (κ2) is 5.73. The highest BCUT2D eigenvalue weighted by atomic mass is 32.1. The summed E-state index contributed by atoms with van der Waals surface area (Å²) in [5.74, 6) is -0.246. The van der Waals surface area contributed by atoms with Crippen molar-refractivity contribution in [1.82, 2.24) is 9.55 Å². The number of aryl methyl sites for hydroxylation is 1. The monoisotopic (exact) mass is 313 g/mol. The Bertz CT molecular complexity index is 898. The molecule has 1 unspecified atom stereocenters. The number of nitrogens with zero attached hydrogens (tertiary/aromatic N) is 2. The minimum absolute atomic E-state index is 0.196. The Labute approximate surface area is 131 Å². The van der Waals surface area contributed by atoms with Gasteiger partial charge in [0.15, 0.2) is 0 Å². The van der Waals surface area contributed by atoms with Crippen LogP contribution >= 0.6 is 11.3 Å². The third-order valence-electron chi connectivity index (χ3n) is 3.49. The summed E-state index contributed by atoms with van der Waals surface area (Å²) in [7, 11) is 0. The molecule has 0 aliphatic heterocycles. The van der Waals surface area contributed by atoms with E-state index in [2.05, 4.69) is 10.3 Å². The van der Waals surface area contributed by atoms with Gasteiger partial charge in [-0.05, 0) is 43.0 Å². The molecule has 0 fully saturated rings. The maximum atomic E-state index is 12.4. The first-order valence-electron chi connectivity index (χ1n) is 6.88. The fraction of sp³-hybridized carbons (Fsp3) is 0.188. The molecule has 22 heavy (non-hydrogen) atoms. The topological polar surface area (TPSA) is 64.0 Å². The summed E-state index contributed by atoms with van der Waals surface area (Å²) in [6, 6.07) is 8.63. The van der Waals surface area contributed by atoms with Gasteiger partial charge in [-0.15, -0.1) is 11.3 Å². The number of rotatable bonds is 3. The SMILES string of the molecule is Cc1cccc(NC(=O)C(C)n2cnc3sccc3c2=O)c1. The summed E-state index contributed by atoms with van der Waals surface area (Å²) >= 11 is 1.41. The zero-order valence-electron chi connectivity index (χ0n) is 12.2. The summed E-state index contributed by atoms with van der Waals surface area (Å²) in [4.78, 5) is 29.7. The van der Waals surface area contributed by atoms with Crippen LogP contribution < -0.4 is 10.9 Å². The van der Waals surface area contributed by atoms with E-state index in [4.69, 9.17) is 0 Å². The van der Waals surface area contributed by atoms with Gasteiger partial charge < -0.3 is 5.32 Å². The largest absolute Gasteiger partial charge is 0.324 e. The Morgan fingerprint density at radius 1 is 1.36 bits per heavy atom. The van der Waals surface area contributed by atoms with Gasteiger partial charge in [0.2, 0.25) is 5.91 Å². The quantitative estimate of drug-likeness (QED) is 0.808. The van der Waals surface area contributed by atoms with E-state index in [-0.39, 0.29) is 11.5 Å². The molecule has 2 aromatic heterocycles. The molecule has 2 heterocycles. The number of benzene rings is 1. The number of carbonyl (C=O) groups is 1. The summed E-state index contributed by atoms with van der Waals surface area (Å²) in [6.45, 7) is 3.64. The smallest absolute Gasteiger partial charge is 0.262 e. The molecule has 3 rings (SSSR count). The molecule has 5 nitrogen and oxygen atoms in total. The Hall–Kier alpha value is -2.47. The van der Waals surface area contributed by atoms with E-state index in [1.807, 2.05) is 36.6 Å². The third kappa shape index (κ3) is 2.65. The summed E-state index contributed by atoms with van der Waals surface area (Å²) in [6.07, 6.45) is 1.43. The molecule has 1 aromatic carbocycles. The molecule has 0 saturated heterocycles. The third-order valence-corrected chi connectivity index (χ3v) is 4.31. The molecule has 0 saturated carbocycles. The normalized spacial score (nSPS) is 12.3. The summed E-state index contributed by atoms with van der Waals surface area (Å²) in [5.41, 5.74) is 1.58. The predicted molar refractivity (Wildman–Crippen MR) is 88.4 cm³/mol. The van der Waals surface area contributed by atoms with Gasteiger partial charge in [-0.25, -0.2) is 4.98 Å². The molecule has 0 aliphatic rings. The Morgan fingerprint density at radius 2 is 2.18 bits per heavy atom. The first-order valence-corrected chi connectivity index (χ1v) is 7.76. The number of aromatic nitrogens is 2. The molecule has 0 bridgehead atoms. The lowest BCUT2D eigenvalue weighted by Crippen LogP contribution is -2.31. The molecule has 6 heteroatoms. The second-order valence-corrected chi connectivity index (χ2v) is 6.03. The van der Waals surface area contributed by atoms with Crippen molar-refractivity contribution in [3.8, 4) is 0 Å². The van der Waals surface area contributed by atoms with Crippen LogP contribution in [0.1, 0.15) is 18.5 Å². The first-order chi connectivity index (χ1) is 10.6. The highest BCUT2D eigenvalue weighted by Gasteiger charge is 2.18. The average molecular weight is 313 g/mol. The van der Waals surface area contributed by atoms with Crippen LogP contribution in [0.15, 0.2) is 46.8 Å². The van der Waals surface area contributed by atoms with Crippen LogP contribution in [0.3, 0.4) is 0 Å². The number of hydrogen-bond acceptors (Lipinski definition) is 4. The maximum absolute atomic E-state index is 12.4. The maximum Gasteiger partial charge on any atom is 0.262 e. The molecular weight excluding hydrogens is 298 g/mol. The average Bonchev–Trinajstić information content (AvgIpc) is 2.96. The van der Waals surface area contributed by atoms with Crippen molar-refractivity contribution in [2.45, 2.75) is 19.9 Å². The van der Waals surface area contributed by atoms with E-state index in [0.717, 1.165) is 11.3 Å². The van der Waals surface area contributed by atoms with Gasteiger partial charge in [0.1, 0.15) is 10.9 Å². The van der Waals surface area contributed by atoms with Crippen molar-refractivity contribution in [3.63, 3.8) is 0 Å². The van der Waals surface area contributed by atoms with E-state index in [1.54, 1.807) is 13.0 Å². The van der Waals surface area contributed by atoms with Gasteiger partial charge in [-0.1, -0.05) is 12.1 Å². The van der Waals surface area contributed by atoms with E-state index < -0.39 is 6.04 Å². The predicted octanol–water partition coefficient (Wildman–Crippen LogP) is 2.97. The van der Waals surface area contributed by atoms with Crippen molar-refractivity contribution in [2.75, 3.05) is 5.32 Å². The molecule has 0 spiro atoms. The van der Waals surface area contributed by atoms with E-state index in [1.165, 1.54) is 22.2 Å². The second-order valence-electron chi connectivity index (χ2n) is 5.13. The van der Waals surface area contributed by atoms with Crippen LogP contribution in [-0.2, 0) is 4.79 Å². The van der Waals surface area contributed by atoms with Gasteiger partial charge in [0.05, 0.1) is 11.7 Å². The molecule has 3 aromatic rings. The van der Waals surface area contributed by atoms with E-state index >= 15 is 0 Å². The van der Waals surface area contributed by atoms with Crippen molar-refractivity contribution >= 4 is 33.1 Å². The summed E-state index contributed by atoms with van der Waals surface area (Å²) < 4.78 is 1.36. The van der Waals surface area contributed by atoms with Gasteiger partial charge >= 0.3 is 0 Å². The van der Waals surface area contributed by atoms with E-state index in [0.29, 0.717) is 10.2 Å². The zero-order valence-corrected chi connectivity index (χ0v) is 13.1. The zero-order chi connectivity index (χ0) is 15.7. The Balaban J connectivity index is 1.88. The van der Waals surface area contributed by atoms with Crippen molar-refractivity contribution in [3.05, 3.63) is 58.0 Å². The van der Waals surface area contributed by atoms with Crippen LogP contribution in [0.4, 0.5) is 5.69 Å². The van der Waals surface area contributed by atoms with Gasteiger partial charge in [0.25, 0.3) is 5.56 Å². The number of carbonyl (C=O) groups excluding carboxylic acids is 1. The van der Waals surface area contributed by atoms with Crippen LogP contribution in [0.2, 0.25) is 0 Å². The summed E-state index contributed by atoms with van der Waals surface area (Å²) in [5, 5.41) is 5.19. The van der Waals surface area contributed by atoms with Gasteiger partial charge in [0, 0.05) is 5.69 Å². The standard InChI is InChI=1S/C16H15N3O2S/c1-10-4-3-5-12(8-10)18-14(20)11(2)19-9-17-15-13(16(19)21)6-7-22-15/h3-9,11H,1-2H3,(H,18,20). The molecular formula is C16H15N3O2S. The van der Waals surface area contributed by atoms with Crippen molar-refractivity contribution in [1.29, 1.82) is 0 Å². The van der Waals surface area contributed by atoms with Crippen LogP contribution in [0.5, 0.6) is 0 Å². The van der Waals surface area contributed by atoms with Gasteiger partial charge in [-0.3, -0.25) is 14.2 Å². The van der Waals surface area contributed by atoms with Crippen LogP contribution in [0.25, 0.3) is 10.2 Å². The lowest BCUT2D eigenvalue weighted by atomic mass is 10.2. The lowest BCUT2D eigenvalue weighted by molar-refractivity contribution is -0.118. The highest BCUT2D eigenvalue weighted by molar-refractivity contribution is 7.16. The number of thiophene rings is 1. The number of anilines is 1. The molecule has 1 amide bonds. The number of fused-ring (bicyclic) bond motifs is 1. The minimum Gasteiger partial charge on any atom is -0.324 e.